The van der Waals surface area contributed by atoms with Crippen molar-refractivity contribution >= 4 is 17.9 Å². The number of carbonyl (C=O) groups is 1. The maximum Gasteiger partial charge on any atom is 0.409 e. The molecule has 2 aliphatic heterocycles. The molecule has 1 amide bonds. The Hall–Kier alpha value is -2.09. The molecule has 2 saturated heterocycles. The Balaban J connectivity index is 1.60. The Morgan fingerprint density at radius 1 is 1.08 bits per heavy atom. The summed E-state index contributed by atoms with van der Waals surface area (Å²) < 4.78 is 5.06. The molecule has 2 aliphatic rings. The fourth-order valence-electron chi connectivity index (χ4n) is 3.01. The standard InChI is InChI=1S/C16H26N6O2/c1-3-24-16(23)22-12-10-20(11-13-22)14-4-5-17-15(18-14)21-8-6-19(2)7-9-21/h4-5H,3,6-13H2,1-2H3. The van der Waals surface area contributed by atoms with Crippen molar-refractivity contribution in [2.24, 2.45) is 0 Å². The number of rotatable bonds is 3. The molecule has 0 N–H and O–H groups in total. The van der Waals surface area contributed by atoms with E-state index in [0.717, 1.165) is 51.0 Å². The first kappa shape index (κ1) is 16.8. The van der Waals surface area contributed by atoms with Crippen LogP contribution in [0.2, 0.25) is 0 Å². The van der Waals surface area contributed by atoms with Crippen LogP contribution in [0.25, 0.3) is 0 Å². The van der Waals surface area contributed by atoms with E-state index in [2.05, 4.69) is 26.7 Å². The highest BCUT2D eigenvalue weighted by molar-refractivity contribution is 5.68. The van der Waals surface area contributed by atoms with E-state index in [1.165, 1.54) is 0 Å². The van der Waals surface area contributed by atoms with Crippen molar-refractivity contribution in [3.63, 3.8) is 0 Å². The molecule has 2 fully saturated rings. The van der Waals surface area contributed by atoms with Crippen LogP contribution in [-0.2, 0) is 4.74 Å². The van der Waals surface area contributed by atoms with Crippen LogP contribution in [0.1, 0.15) is 6.92 Å². The highest BCUT2D eigenvalue weighted by atomic mass is 16.6. The molecule has 0 atom stereocenters. The summed E-state index contributed by atoms with van der Waals surface area (Å²) in [6.45, 7) is 9.06. The Bertz CT molecular complexity index is 553. The molecule has 0 bridgehead atoms. The lowest BCUT2D eigenvalue weighted by Crippen LogP contribution is -2.49. The molecular formula is C16H26N6O2. The van der Waals surface area contributed by atoms with E-state index >= 15 is 0 Å². The second kappa shape index (κ2) is 7.65. The molecule has 8 nitrogen and oxygen atoms in total. The Kier molecular flexibility index (Phi) is 5.34. The van der Waals surface area contributed by atoms with E-state index in [1.807, 2.05) is 19.2 Å². The quantitative estimate of drug-likeness (QED) is 0.798. The summed E-state index contributed by atoms with van der Waals surface area (Å²) >= 11 is 0. The molecule has 0 saturated carbocycles. The lowest BCUT2D eigenvalue weighted by Gasteiger charge is -2.36. The summed E-state index contributed by atoms with van der Waals surface area (Å²) in [5.74, 6) is 1.73. The van der Waals surface area contributed by atoms with E-state index in [-0.39, 0.29) is 6.09 Å². The van der Waals surface area contributed by atoms with Gasteiger partial charge in [0.05, 0.1) is 6.61 Å². The zero-order valence-electron chi connectivity index (χ0n) is 14.5. The predicted molar refractivity (Wildman–Crippen MR) is 92.6 cm³/mol. The van der Waals surface area contributed by atoms with Crippen molar-refractivity contribution in [3.8, 4) is 0 Å². The van der Waals surface area contributed by atoms with Crippen LogP contribution in [0.3, 0.4) is 0 Å². The zero-order valence-corrected chi connectivity index (χ0v) is 14.5. The summed E-state index contributed by atoms with van der Waals surface area (Å²) in [6, 6.07) is 1.94. The minimum atomic E-state index is -0.224. The van der Waals surface area contributed by atoms with Crippen LogP contribution >= 0.6 is 0 Å². The van der Waals surface area contributed by atoms with Gasteiger partial charge < -0.3 is 24.3 Å². The predicted octanol–water partition coefficient (Wildman–Crippen LogP) is 0.507. The van der Waals surface area contributed by atoms with Crippen molar-refractivity contribution in [2.45, 2.75) is 6.92 Å². The number of likely N-dealkylation sites (N-methyl/N-ethyl adjacent to an activating group) is 1. The lowest BCUT2D eigenvalue weighted by molar-refractivity contribution is 0.105. The minimum Gasteiger partial charge on any atom is -0.450 e. The Morgan fingerprint density at radius 3 is 2.42 bits per heavy atom. The van der Waals surface area contributed by atoms with Gasteiger partial charge in [-0.25, -0.2) is 9.78 Å². The van der Waals surface area contributed by atoms with Gasteiger partial charge in [-0.2, -0.15) is 4.98 Å². The van der Waals surface area contributed by atoms with Gasteiger partial charge in [-0.05, 0) is 20.0 Å². The Morgan fingerprint density at radius 2 is 1.75 bits per heavy atom. The molecule has 1 aromatic heterocycles. The van der Waals surface area contributed by atoms with Crippen LogP contribution < -0.4 is 9.80 Å². The van der Waals surface area contributed by atoms with E-state index < -0.39 is 0 Å². The number of amides is 1. The number of ether oxygens (including phenoxy) is 1. The van der Waals surface area contributed by atoms with Gasteiger partial charge in [0.25, 0.3) is 0 Å². The highest BCUT2D eigenvalue weighted by Crippen LogP contribution is 2.18. The van der Waals surface area contributed by atoms with Gasteiger partial charge in [0, 0.05) is 58.6 Å². The second-order valence-electron chi connectivity index (χ2n) is 6.18. The molecule has 8 heteroatoms. The Labute approximate surface area is 143 Å². The third kappa shape index (κ3) is 3.87. The molecule has 132 valence electrons. The number of hydrogen-bond donors (Lipinski definition) is 0. The third-order valence-corrected chi connectivity index (χ3v) is 4.54. The monoisotopic (exact) mass is 334 g/mol. The van der Waals surface area contributed by atoms with E-state index in [4.69, 9.17) is 9.72 Å². The van der Waals surface area contributed by atoms with Gasteiger partial charge in [0.2, 0.25) is 5.95 Å². The van der Waals surface area contributed by atoms with Crippen LogP contribution in [0.5, 0.6) is 0 Å². The number of hydrogen-bond acceptors (Lipinski definition) is 7. The van der Waals surface area contributed by atoms with E-state index in [0.29, 0.717) is 19.7 Å². The van der Waals surface area contributed by atoms with Crippen molar-refractivity contribution in [3.05, 3.63) is 12.3 Å². The first-order chi connectivity index (χ1) is 11.7. The summed E-state index contributed by atoms with van der Waals surface area (Å²) in [7, 11) is 2.14. The SMILES string of the molecule is CCOC(=O)N1CCN(c2ccnc(N3CCN(C)CC3)n2)CC1. The summed E-state index contributed by atoms with van der Waals surface area (Å²) in [4.78, 5) is 29.5. The zero-order chi connectivity index (χ0) is 16.9. The molecular weight excluding hydrogens is 308 g/mol. The van der Waals surface area contributed by atoms with Crippen LogP contribution in [-0.4, -0.2) is 91.9 Å². The average molecular weight is 334 g/mol. The van der Waals surface area contributed by atoms with Crippen molar-refractivity contribution < 1.29 is 9.53 Å². The smallest absolute Gasteiger partial charge is 0.409 e. The molecule has 0 spiro atoms. The van der Waals surface area contributed by atoms with Crippen LogP contribution in [0.15, 0.2) is 12.3 Å². The normalized spacial score (nSPS) is 19.5. The van der Waals surface area contributed by atoms with Gasteiger partial charge in [-0.15, -0.1) is 0 Å². The number of piperazine rings is 2. The molecule has 0 unspecified atom stereocenters. The molecule has 3 rings (SSSR count). The van der Waals surface area contributed by atoms with Crippen molar-refractivity contribution in [2.75, 3.05) is 75.8 Å². The fraction of sp³-hybridized carbons (Fsp3) is 0.688. The van der Waals surface area contributed by atoms with E-state index in [1.54, 1.807) is 4.90 Å². The summed E-state index contributed by atoms with van der Waals surface area (Å²) in [5.41, 5.74) is 0. The maximum atomic E-state index is 11.8. The average Bonchev–Trinajstić information content (AvgIpc) is 2.63. The number of anilines is 2. The van der Waals surface area contributed by atoms with Crippen LogP contribution in [0, 0.1) is 0 Å². The summed E-state index contributed by atoms with van der Waals surface area (Å²) in [6.07, 6.45) is 1.60. The van der Waals surface area contributed by atoms with Crippen molar-refractivity contribution in [1.29, 1.82) is 0 Å². The van der Waals surface area contributed by atoms with E-state index in [9.17, 15) is 4.79 Å². The highest BCUT2D eigenvalue weighted by Gasteiger charge is 2.23. The van der Waals surface area contributed by atoms with Gasteiger partial charge in [0.1, 0.15) is 5.82 Å². The molecule has 1 aromatic rings. The first-order valence-electron chi connectivity index (χ1n) is 8.60. The topological polar surface area (TPSA) is 65.0 Å². The first-order valence-corrected chi connectivity index (χ1v) is 8.60. The molecule has 24 heavy (non-hydrogen) atoms. The summed E-state index contributed by atoms with van der Waals surface area (Å²) in [5, 5.41) is 0. The minimum absolute atomic E-state index is 0.224. The lowest BCUT2D eigenvalue weighted by atomic mass is 10.3. The third-order valence-electron chi connectivity index (χ3n) is 4.54. The van der Waals surface area contributed by atoms with Crippen LogP contribution in [0.4, 0.5) is 16.6 Å². The number of carbonyl (C=O) groups excluding carboxylic acids is 1. The molecule has 0 aliphatic carbocycles. The largest absolute Gasteiger partial charge is 0.450 e. The molecule has 0 aromatic carbocycles. The maximum absolute atomic E-state index is 11.8. The fourth-order valence-corrected chi connectivity index (χ4v) is 3.01. The molecule has 3 heterocycles. The number of nitrogens with zero attached hydrogens (tertiary/aromatic N) is 6. The van der Waals surface area contributed by atoms with Crippen molar-refractivity contribution in [1.82, 2.24) is 19.8 Å². The van der Waals surface area contributed by atoms with Gasteiger partial charge in [-0.3, -0.25) is 0 Å². The second-order valence-corrected chi connectivity index (χ2v) is 6.18. The van der Waals surface area contributed by atoms with Gasteiger partial charge in [0.15, 0.2) is 0 Å². The molecule has 0 radical (unpaired) electrons. The number of aromatic nitrogens is 2. The van der Waals surface area contributed by atoms with Gasteiger partial charge in [-0.1, -0.05) is 0 Å². The van der Waals surface area contributed by atoms with Gasteiger partial charge >= 0.3 is 6.09 Å².